The molecule has 0 unspecified atom stereocenters. The van der Waals surface area contributed by atoms with Gasteiger partial charge >= 0.3 is 0 Å². The van der Waals surface area contributed by atoms with Crippen LogP contribution in [0.2, 0.25) is 5.02 Å². The summed E-state index contributed by atoms with van der Waals surface area (Å²) in [6.07, 6.45) is 2.90. The molecule has 0 amide bonds. The molecule has 1 fully saturated rings. The third-order valence-corrected chi connectivity index (χ3v) is 3.31. The minimum atomic E-state index is -0.261. The first kappa shape index (κ1) is 17.5. The summed E-state index contributed by atoms with van der Waals surface area (Å²) in [5, 5.41) is 6.97. The lowest BCUT2D eigenvalue weighted by Crippen LogP contribution is -2.38. The molecule has 0 bridgehead atoms. The van der Waals surface area contributed by atoms with E-state index in [4.69, 9.17) is 11.6 Å². The summed E-state index contributed by atoms with van der Waals surface area (Å²) in [4.78, 5) is 4.44. The van der Waals surface area contributed by atoms with E-state index < -0.39 is 0 Å². The van der Waals surface area contributed by atoms with E-state index in [-0.39, 0.29) is 29.8 Å². The van der Waals surface area contributed by atoms with Gasteiger partial charge in [0.15, 0.2) is 5.96 Å². The molecule has 112 valence electrons. The fourth-order valence-corrected chi connectivity index (χ4v) is 2.05. The van der Waals surface area contributed by atoms with E-state index in [0.29, 0.717) is 29.6 Å². The normalized spacial score (nSPS) is 14.7. The largest absolute Gasteiger partial charge is 0.357 e. The van der Waals surface area contributed by atoms with Crippen molar-refractivity contribution in [3.05, 3.63) is 34.6 Å². The van der Waals surface area contributed by atoms with Crippen molar-refractivity contribution >= 4 is 41.5 Å². The van der Waals surface area contributed by atoms with Gasteiger partial charge in [-0.1, -0.05) is 17.7 Å². The maximum Gasteiger partial charge on any atom is 0.191 e. The van der Waals surface area contributed by atoms with Crippen LogP contribution in [0.4, 0.5) is 4.39 Å². The van der Waals surface area contributed by atoms with Crippen molar-refractivity contribution in [2.45, 2.75) is 32.2 Å². The van der Waals surface area contributed by atoms with Crippen LogP contribution in [0, 0.1) is 5.82 Å². The number of aliphatic imine (C=N–C) groups is 1. The molecule has 1 aromatic rings. The van der Waals surface area contributed by atoms with Gasteiger partial charge in [0.1, 0.15) is 5.82 Å². The van der Waals surface area contributed by atoms with Crippen LogP contribution in [0.25, 0.3) is 0 Å². The minimum absolute atomic E-state index is 0. The molecule has 6 heteroatoms. The second-order valence-corrected chi connectivity index (χ2v) is 5.04. The third-order valence-electron chi connectivity index (χ3n) is 2.96. The zero-order valence-corrected chi connectivity index (χ0v) is 14.5. The van der Waals surface area contributed by atoms with Crippen LogP contribution in [-0.4, -0.2) is 25.1 Å². The van der Waals surface area contributed by atoms with Crippen molar-refractivity contribution in [3.8, 4) is 0 Å². The summed E-state index contributed by atoms with van der Waals surface area (Å²) < 4.78 is 13.6. The van der Waals surface area contributed by atoms with Gasteiger partial charge in [-0.3, -0.25) is 4.99 Å². The number of halogens is 3. The zero-order valence-electron chi connectivity index (χ0n) is 11.5. The molecular weight excluding hydrogens is 392 g/mol. The van der Waals surface area contributed by atoms with Gasteiger partial charge in [0.2, 0.25) is 0 Å². The maximum atomic E-state index is 13.6. The van der Waals surface area contributed by atoms with Gasteiger partial charge in [0.05, 0.1) is 0 Å². The molecule has 2 rings (SSSR count). The number of nitrogens with zero attached hydrogens (tertiary/aromatic N) is 1. The van der Waals surface area contributed by atoms with Gasteiger partial charge in [-0.25, -0.2) is 4.39 Å². The van der Waals surface area contributed by atoms with Gasteiger partial charge in [-0.15, -0.1) is 24.0 Å². The van der Waals surface area contributed by atoms with Crippen LogP contribution >= 0.6 is 35.6 Å². The molecule has 0 saturated heterocycles. The molecular formula is C14H20ClFIN3. The molecule has 0 aromatic heterocycles. The van der Waals surface area contributed by atoms with Crippen LogP contribution in [0.3, 0.4) is 0 Å². The molecule has 0 atom stereocenters. The highest BCUT2D eigenvalue weighted by molar-refractivity contribution is 14.0. The Morgan fingerprint density at radius 1 is 1.45 bits per heavy atom. The molecule has 3 nitrogen and oxygen atoms in total. The second kappa shape index (κ2) is 8.67. The molecule has 1 aliphatic rings. The minimum Gasteiger partial charge on any atom is -0.357 e. The summed E-state index contributed by atoms with van der Waals surface area (Å²) in [5.41, 5.74) is 0.537. The molecule has 0 spiro atoms. The highest BCUT2D eigenvalue weighted by atomic mass is 127. The van der Waals surface area contributed by atoms with E-state index in [1.807, 2.05) is 6.92 Å². The lowest BCUT2D eigenvalue weighted by atomic mass is 10.1. The van der Waals surface area contributed by atoms with Gasteiger partial charge in [0, 0.05) is 29.7 Å². The van der Waals surface area contributed by atoms with Gasteiger partial charge in [0.25, 0.3) is 0 Å². The molecule has 0 aliphatic heterocycles. The standard InChI is InChI=1S/C14H19ClFN3.HI/c1-2-17-14(19-10-6-7-10)18-9-8-11-12(15)4-3-5-13(11)16;/h3-5,10H,2,6-9H2,1H3,(H2,17,18,19);1H. The van der Waals surface area contributed by atoms with E-state index >= 15 is 0 Å². The Labute approximate surface area is 141 Å². The van der Waals surface area contributed by atoms with Crippen LogP contribution in [0.5, 0.6) is 0 Å². The Hall–Kier alpha value is -0.560. The van der Waals surface area contributed by atoms with Crippen molar-refractivity contribution in [3.63, 3.8) is 0 Å². The Morgan fingerprint density at radius 3 is 2.80 bits per heavy atom. The predicted molar refractivity (Wildman–Crippen MR) is 92.7 cm³/mol. The van der Waals surface area contributed by atoms with Crippen molar-refractivity contribution in [2.75, 3.05) is 13.1 Å². The van der Waals surface area contributed by atoms with E-state index in [1.54, 1.807) is 12.1 Å². The molecule has 2 N–H and O–H groups in total. The lowest BCUT2D eigenvalue weighted by Gasteiger charge is -2.10. The highest BCUT2D eigenvalue weighted by Gasteiger charge is 2.22. The second-order valence-electron chi connectivity index (χ2n) is 4.63. The Bertz CT molecular complexity index is 443. The summed E-state index contributed by atoms with van der Waals surface area (Å²) in [6.45, 7) is 3.36. The molecule has 1 aliphatic carbocycles. The summed E-state index contributed by atoms with van der Waals surface area (Å²) in [7, 11) is 0. The average Bonchev–Trinajstić information content (AvgIpc) is 3.17. The monoisotopic (exact) mass is 411 g/mol. The van der Waals surface area contributed by atoms with Crippen LogP contribution in [0.15, 0.2) is 23.2 Å². The number of guanidine groups is 1. The van der Waals surface area contributed by atoms with E-state index in [2.05, 4.69) is 15.6 Å². The number of benzene rings is 1. The maximum absolute atomic E-state index is 13.6. The van der Waals surface area contributed by atoms with Gasteiger partial charge in [-0.2, -0.15) is 0 Å². The van der Waals surface area contributed by atoms with Crippen molar-refractivity contribution in [1.29, 1.82) is 0 Å². The average molecular weight is 412 g/mol. The molecule has 1 saturated carbocycles. The van der Waals surface area contributed by atoms with Crippen LogP contribution in [0.1, 0.15) is 25.3 Å². The third kappa shape index (κ3) is 5.44. The topological polar surface area (TPSA) is 36.4 Å². The van der Waals surface area contributed by atoms with Crippen molar-refractivity contribution in [2.24, 2.45) is 4.99 Å². The fourth-order valence-electron chi connectivity index (χ4n) is 1.79. The smallest absolute Gasteiger partial charge is 0.191 e. The number of hydrogen-bond donors (Lipinski definition) is 2. The van der Waals surface area contributed by atoms with E-state index in [0.717, 1.165) is 12.5 Å². The van der Waals surface area contributed by atoms with Gasteiger partial charge in [-0.05, 0) is 38.3 Å². The lowest BCUT2D eigenvalue weighted by molar-refractivity contribution is 0.609. The quantitative estimate of drug-likeness (QED) is 0.443. The molecule has 1 aromatic carbocycles. The fraction of sp³-hybridized carbons (Fsp3) is 0.500. The van der Waals surface area contributed by atoms with Crippen LogP contribution in [-0.2, 0) is 6.42 Å². The molecule has 0 radical (unpaired) electrons. The Morgan fingerprint density at radius 2 is 2.20 bits per heavy atom. The Kier molecular flexibility index (Phi) is 7.58. The Balaban J connectivity index is 0.00000200. The molecule has 20 heavy (non-hydrogen) atoms. The SMILES string of the molecule is CCNC(=NCCc1c(F)cccc1Cl)NC1CC1.I. The zero-order chi connectivity index (χ0) is 13.7. The summed E-state index contributed by atoms with van der Waals surface area (Å²) in [5.74, 6) is 0.542. The van der Waals surface area contributed by atoms with Crippen molar-refractivity contribution < 1.29 is 4.39 Å². The molecule has 0 heterocycles. The van der Waals surface area contributed by atoms with Crippen molar-refractivity contribution in [1.82, 2.24) is 10.6 Å². The van der Waals surface area contributed by atoms with Gasteiger partial charge < -0.3 is 10.6 Å². The van der Waals surface area contributed by atoms with Crippen LogP contribution < -0.4 is 10.6 Å². The number of hydrogen-bond acceptors (Lipinski definition) is 1. The predicted octanol–water partition coefficient (Wildman–Crippen LogP) is 3.36. The number of nitrogens with one attached hydrogen (secondary N) is 2. The van der Waals surface area contributed by atoms with E-state index in [9.17, 15) is 4.39 Å². The van der Waals surface area contributed by atoms with E-state index in [1.165, 1.54) is 18.9 Å². The first-order valence-electron chi connectivity index (χ1n) is 6.68. The summed E-state index contributed by atoms with van der Waals surface area (Å²) in [6, 6.07) is 5.30. The summed E-state index contributed by atoms with van der Waals surface area (Å²) >= 11 is 5.98. The first-order chi connectivity index (χ1) is 9.20. The first-order valence-corrected chi connectivity index (χ1v) is 7.06. The highest BCUT2D eigenvalue weighted by Crippen LogP contribution is 2.20. The number of rotatable bonds is 5.